The van der Waals surface area contributed by atoms with Crippen molar-refractivity contribution in [1.29, 1.82) is 0 Å². The number of hydrogen-bond acceptors (Lipinski definition) is 3. The second-order valence-corrected chi connectivity index (χ2v) is 4.56. The van der Waals surface area contributed by atoms with Crippen LogP contribution in [-0.2, 0) is 0 Å². The Morgan fingerprint density at radius 3 is 3.00 bits per heavy atom. The molecule has 0 spiro atoms. The molecular formula is C12H19N3. The first-order chi connectivity index (χ1) is 7.20. The van der Waals surface area contributed by atoms with Crippen molar-refractivity contribution >= 4 is 11.5 Å². The molecule has 2 rings (SSSR count). The highest BCUT2D eigenvalue weighted by molar-refractivity contribution is 5.63. The lowest BCUT2D eigenvalue weighted by Gasteiger charge is -2.29. The number of nitrogens with two attached hydrogens (primary N) is 1. The molecule has 15 heavy (non-hydrogen) atoms. The molecule has 3 heteroatoms. The summed E-state index contributed by atoms with van der Waals surface area (Å²) in [6.45, 7) is 5.62. The second kappa shape index (κ2) is 4.09. The zero-order valence-electron chi connectivity index (χ0n) is 9.48. The Hall–Kier alpha value is -1.25. The maximum atomic E-state index is 5.96. The molecular weight excluding hydrogens is 186 g/mol. The van der Waals surface area contributed by atoms with Gasteiger partial charge in [0.15, 0.2) is 5.82 Å². The van der Waals surface area contributed by atoms with Crippen LogP contribution in [0.5, 0.6) is 0 Å². The van der Waals surface area contributed by atoms with Crippen molar-refractivity contribution in [1.82, 2.24) is 4.98 Å². The normalized spacial score (nSPS) is 21.3. The fraction of sp³-hybridized carbons (Fsp3) is 0.583. The van der Waals surface area contributed by atoms with Gasteiger partial charge < -0.3 is 10.6 Å². The largest absolute Gasteiger partial charge is 0.396 e. The van der Waals surface area contributed by atoms with Crippen molar-refractivity contribution in [3.63, 3.8) is 0 Å². The first kappa shape index (κ1) is 10.3. The van der Waals surface area contributed by atoms with Crippen LogP contribution < -0.4 is 10.6 Å². The molecule has 82 valence electrons. The van der Waals surface area contributed by atoms with Crippen molar-refractivity contribution in [3.05, 3.63) is 18.3 Å². The van der Waals surface area contributed by atoms with Gasteiger partial charge in [0.05, 0.1) is 5.69 Å². The third kappa shape index (κ3) is 1.91. The van der Waals surface area contributed by atoms with Crippen LogP contribution in [0.15, 0.2) is 18.3 Å². The summed E-state index contributed by atoms with van der Waals surface area (Å²) >= 11 is 0. The van der Waals surface area contributed by atoms with E-state index in [4.69, 9.17) is 5.73 Å². The summed E-state index contributed by atoms with van der Waals surface area (Å²) in [5, 5.41) is 0. The number of rotatable bonds is 2. The molecule has 1 aliphatic rings. The van der Waals surface area contributed by atoms with Gasteiger partial charge in [0.2, 0.25) is 0 Å². The molecule has 0 aliphatic carbocycles. The van der Waals surface area contributed by atoms with Crippen LogP contribution in [0.25, 0.3) is 0 Å². The number of aromatic nitrogens is 1. The minimum Gasteiger partial charge on any atom is -0.396 e. The molecule has 0 aromatic carbocycles. The van der Waals surface area contributed by atoms with Crippen molar-refractivity contribution in [2.45, 2.75) is 32.7 Å². The van der Waals surface area contributed by atoms with Crippen LogP contribution in [0.4, 0.5) is 11.5 Å². The van der Waals surface area contributed by atoms with E-state index in [-0.39, 0.29) is 0 Å². The molecule has 0 amide bonds. The van der Waals surface area contributed by atoms with E-state index in [0.717, 1.165) is 18.1 Å². The van der Waals surface area contributed by atoms with Crippen LogP contribution >= 0.6 is 0 Å². The van der Waals surface area contributed by atoms with Crippen LogP contribution in [0.2, 0.25) is 0 Å². The Morgan fingerprint density at radius 1 is 1.53 bits per heavy atom. The zero-order chi connectivity index (χ0) is 10.8. The van der Waals surface area contributed by atoms with E-state index in [1.54, 1.807) is 0 Å². The predicted octanol–water partition coefficient (Wildman–Crippen LogP) is 2.29. The molecule has 1 aliphatic heterocycles. The van der Waals surface area contributed by atoms with E-state index in [2.05, 4.69) is 23.7 Å². The molecule has 1 atom stereocenters. The first-order valence-corrected chi connectivity index (χ1v) is 5.67. The number of anilines is 2. The molecule has 1 aromatic heterocycles. The van der Waals surface area contributed by atoms with Gasteiger partial charge in [-0.1, -0.05) is 13.8 Å². The van der Waals surface area contributed by atoms with E-state index in [1.165, 1.54) is 12.8 Å². The molecule has 1 saturated heterocycles. The quantitative estimate of drug-likeness (QED) is 0.805. The molecule has 1 unspecified atom stereocenters. The molecule has 0 radical (unpaired) electrons. The highest BCUT2D eigenvalue weighted by atomic mass is 15.2. The Kier molecular flexibility index (Phi) is 2.80. The van der Waals surface area contributed by atoms with Gasteiger partial charge in [-0.25, -0.2) is 4.98 Å². The summed E-state index contributed by atoms with van der Waals surface area (Å²) in [6.07, 6.45) is 4.33. The lowest BCUT2D eigenvalue weighted by Crippen LogP contribution is -2.34. The summed E-state index contributed by atoms with van der Waals surface area (Å²) < 4.78 is 0. The third-order valence-corrected chi connectivity index (χ3v) is 3.16. The van der Waals surface area contributed by atoms with Gasteiger partial charge in [-0.05, 0) is 30.9 Å². The molecule has 2 N–H and O–H groups in total. The summed E-state index contributed by atoms with van der Waals surface area (Å²) in [7, 11) is 0. The van der Waals surface area contributed by atoms with Gasteiger partial charge in [-0.2, -0.15) is 0 Å². The Labute approximate surface area is 91.3 Å². The van der Waals surface area contributed by atoms with Gasteiger partial charge in [0.1, 0.15) is 0 Å². The Morgan fingerprint density at radius 2 is 2.33 bits per heavy atom. The van der Waals surface area contributed by atoms with E-state index in [0.29, 0.717) is 12.0 Å². The summed E-state index contributed by atoms with van der Waals surface area (Å²) in [4.78, 5) is 6.75. The minimum absolute atomic E-state index is 0.599. The number of hydrogen-bond donors (Lipinski definition) is 1. The average molecular weight is 205 g/mol. The predicted molar refractivity (Wildman–Crippen MR) is 63.9 cm³/mol. The van der Waals surface area contributed by atoms with Crippen LogP contribution in [0.3, 0.4) is 0 Å². The monoisotopic (exact) mass is 205 g/mol. The van der Waals surface area contributed by atoms with Crippen molar-refractivity contribution in [2.75, 3.05) is 17.2 Å². The van der Waals surface area contributed by atoms with Gasteiger partial charge in [-0.3, -0.25) is 0 Å². The highest BCUT2D eigenvalue weighted by Gasteiger charge is 2.28. The van der Waals surface area contributed by atoms with Crippen LogP contribution in [0.1, 0.15) is 26.7 Å². The molecule has 1 fully saturated rings. The topological polar surface area (TPSA) is 42.2 Å². The third-order valence-electron chi connectivity index (χ3n) is 3.16. The highest BCUT2D eigenvalue weighted by Crippen LogP contribution is 2.31. The maximum Gasteiger partial charge on any atom is 0.152 e. The lowest BCUT2D eigenvalue weighted by atomic mass is 10.0. The smallest absolute Gasteiger partial charge is 0.152 e. The van der Waals surface area contributed by atoms with E-state index < -0.39 is 0 Å². The fourth-order valence-corrected chi connectivity index (χ4v) is 2.40. The van der Waals surface area contributed by atoms with Crippen molar-refractivity contribution in [2.24, 2.45) is 5.92 Å². The summed E-state index contributed by atoms with van der Waals surface area (Å²) in [5.41, 5.74) is 6.75. The fourth-order valence-electron chi connectivity index (χ4n) is 2.40. The van der Waals surface area contributed by atoms with Gasteiger partial charge in [0, 0.05) is 18.8 Å². The van der Waals surface area contributed by atoms with E-state index in [1.807, 2.05) is 18.3 Å². The Balaban J connectivity index is 2.27. The van der Waals surface area contributed by atoms with Gasteiger partial charge >= 0.3 is 0 Å². The minimum atomic E-state index is 0.599. The number of nitrogens with zero attached hydrogens (tertiary/aromatic N) is 2. The van der Waals surface area contributed by atoms with Crippen molar-refractivity contribution < 1.29 is 0 Å². The lowest BCUT2D eigenvalue weighted by molar-refractivity contribution is 0.490. The molecule has 3 nitrogen and oxygen atoms in total. The molecule has 0 saturated carbocycles. The zero-order valence-corrected chi connectivity index (χ0v) is 9.48. The van der Waals surface area contributed by atoms with Gasteiger partial charge in [0.25, 0.3) is 0 Å². The summed E-state index contributed by atoms with van der Waals surface area (Å²) in [6, 6.07) is 4.42. The van der Waals surface area contributed by atoms with E-state index in [9.17, 15) is 0 Å². The first-order valence-electron chi connectivity index (χ1n) is 5.67. The standard InChI is InChI=1S/C12H19N3/c1-9(2)11-6-4-8-15(11)12-10(13)5-3-7-14-12/h3,5,7,9,11H,4,6,8,13H2,1-2H3. The molecule has 1 aromatic rings. The van der Waals surface area contributed by atoms with Crippen LogP contribution in [0, 0.1) is 5.92 Å². The Bertz CT molecular complexity index is 335. The maximum absolute atomic E-state index is 5.96. The van der Waals surface area contributed by atoms with Gasteiger partial charge in [-0.15, -0.1) is 0 Å². The second-order valence-electron chi connectivity index (χ2n) is 4.56. The SMILES string of the molecule is CC(C)C1CCCN1c1ncccc1N. The molecule has 2 heterocycles. The van der Waals surface area contributed by atoms with Crippen molar-refractivity contribution in [3.8, 4) is 0 Å². The molecule has 0 bridgehead atoms. The average Bonchev–Trinajstić information content (AvgIpc) is 2.67. The number of pyridine rings is 1. The number of nitrogen functional groups attached to an aromatic ring is 1. The summed E-state index contributed by atoms with van der Waals surface area (Å²) in [5.74, 6) is 1.63. The van der Waals surface area contributed by atoms with E-state index >= 15 is 0 Å². The van der Waals surface area contributed by atoms with Crippen LogP contribution in [-0.4, -0.2) is 17.6 Å².